The molecule has 0 fully saturated rings. The van der Waals surface area contributed by atoms with Gasteiger partial charge in [0.05, 0.1) is 34.4 Å². The topological polar surface area (TPSA) is 94.1 Å². The van der Waals surface area contributed by atoms with Crippen LogP contribution in [0, 0.1) is 0 Å². The number of phosphoric acid groups is 1. The minimum atomic E-state index is -4.52. The Morgan fingerprint density at radius 2 is 1.18 bits per heavy atom. The Morgan fingerprint density at radius 1 is 0.653 bits per heavy atom. The lowest BCUT2D eigenvalue weighted by Crippen LogP contribution is -2.37. The van der Waals surface area contributed by atoms with E-state index in [9.17, 15) is 14.3 Å². The highest BCUT2D eigenvalue weighted by atomic mass is 31.2. The van der Waals surface area contributed by atoms with Gasteiger partial charge in [0.15, 0.2) is 0 Å². The van der Waals surface area contributed by atoms with E-state index in [2.05, 4.69) is 74.6 Å². The molecule has 0 saturated heterocycles. The lowest BCUT2D eigenvalue weighted by molar-refractivity contribution is -0.870. The lowest BCUT2D eigenvalue weighted by atomic mass is 10.1. The molecule has 0 aliphatic rings. The van der Waals surface area contributed by atoms with Crippen molar-refractivity contribution in [2.75, 3.05) is 54.1 Å². The summed E-state index contributed by atoms with van der Waals surface area (Å²) in [6.07, 6.45) is 39.6. The normalized spacial score (nSPS) is 14.7. The molecular formula is C40H72NO7P. The molecule has 2 unspecified atom stereocenters. The molecule has 9 heteroatoms. The maximum absolute atomic E-state index is 12.6. The Hall–Kier alpha value is -1.80. The number of ether oxygens (including phenoxy) is 2. The number of esters is 1. The smallest absolute Gasteiger partial charge is 0.306 e. The van der Waals surface area contributed by atoms with Crippen LogP contribution < -0.4 is 4.89 Å². The highest BCUT2D eigenvalue weighted by molar-refractivity contribution is 7.45. The molecular weight excluding hydrogens is 637 g/mol. The fourth-order valence-corrected chi connectivity index (χ4v) is 5.36. The Bertz CT molecular complexity index is 968. The van der Waals surface area contributed by atoms with Crippen LogP contribution in [0.1, 0.15) is 129 Å². The van der Waals surface area contributed by atoms with Gasteiger partial charge in [-0.3, -0.25) is 9.36 Å². The third-order valence-corrected chi connectivity index (χ3v) is 8.55. The molecule has 0 aliphatic heterocycles. The van der Waals surface area contributed by atoms with Crippen molar-refractivity contribution in [3.63, 3.8) is 0 Å². The third kappa shape index (κ3) is 37.3. The molecule has 0 aromatic heterocycles. The van der Waals surface area contributed by atoms with E-state index in [4.69, 9.17) is 18.5 Å². The van der Waals surface area contributed by atoms with Crippen LogP contribution in [-0.2, 0) is 27.9 Å². The molecule has 284 valence electrons. The fraction of sp³-hybridized carbons (Fsp3) is 0.725. The van der Waals surface area contributed by atoms with Crippen LogP contribution in [0.3, 0.4) is 0 Å². The average molecular weight is 710 g/mol. The summed E-state index contributed by atoms with van der Waals surface area (Å²) in [5.41, 5.74) is 0. The number of hydrogen-bond donors (Lipinski definition) is 0. The number of hydrogen-bond acceptors (Lipinski definition) is 7. The maximum Gasteiger partial charge on any atom is 0.306 e. The standard InChI is InChI=1S/C40H72NO7P/c1-6-8-10-12-14-15-16-17-18-19-20-21-22-23-24-25-26-27-28-29-31-33-40(42)48-39(37-45-35-32-30-13-11-9-7-2)38-47-49(43,44)46-36-34-41(3,4)5/h8,10,14-15,17-18,20-21,23-24,39H,6-7,9,11-13,16,19,22,25-38H2,1-5H3/b10-8-,15-14-,18-17-,21-20-,24-23-. The van der Waals surface area contributed by atoms with Crippen LogP contribution in [-0.4, -0.2) is 70.7 Å². The van der Waals surface area contributed by atoms with Gasteiger partial charge in [-0.05, 0) is 57.8 Å². The predicted molar refractivity (Wildman–Crippen MR) is 203 cm³/mol. The Labute approximate surface area is 300 Å². The number of unbranched alkanes of at least 4 members (excludes halogenated alkanes) is 10. The summed E-state index contributed by atoms with van der Waals surface area (Å²) in [5.74, 6) is -0.359. The van der Waals surface area contributed by atoms with Gasteiger partial charge in [-0.15, -0.1) is 0 Å². The second kappa shape index (κ2) is 33.3. The van der Waals surface area contributed by atoms with Gasteiger partial charge in [0.1, 0.15) is 19.3 Å². The minimum absolute atomic E-state index is 0.0194. The molecule has 0 heterocycles. The highest BCUT2D eigenvalue weighted by Gasteiger charge is 2.20. The van der Waals surface area contributed by atoms with Gasteiger partial charge in [0, 0.05) is 13.0 Å². The summed E-state index contributed by atoms with van der Waals surface area (Å²) in [5, 5.41) is 0. The Kier molecular flexibility index (Phi) is 32.1. The van der Waals surface area contributed by atoms with E-state index in [-0.39, 0.29) is 32.2 Å². The van der Waals surface area contributed by atoms with Crippen LogP contribution in [0.4, 0.5) is 0 Å². The van der Waals surface area contributed by atoms with Gasteiger partial charge >= 0.3 is 5.97 Å². The quantitative estimate of drug-likeness (QED) is 0.0216. The summed E-state index contributed by atoms with van der Waals surface area (Å²) < 4.78 is 34.2. The first-order valence-electron chi connectivity index (χ1n) is 19.0. The molecule has 0 aromatic rings. The number of likely N-dealkylation sites (N-methyl/N-ethyl adjacent to an activating group) is 1. The zero-order valence-corrected chi connectivity index (χ0v) is 32.8. The number of phosphoric ester groups is 1. The molecule has 49 heavy (non-hydrogen) atoms. The van der Waals surface area contributed by atoms with Crippen molar-refractivity contribution < 1.29 is 37.3 Å². The van der Waals surface area contributed by atoms with E-state index >= 15 is 0 Å². The number of carbonyl (C=O) groups is 1. The maximum atomic E-state index is 12.6. The summed E-state index contributed by atoms with van der Waals surface area (Å²) >= 11 is 0. The molecule has 0 spiro atoms. The molecule has 0 aliphatic carbocycles. The van der Waals surface area contributed by atoms with E-state index in [1.807, 2.05) is 21.1 Å². The summed E-state index contributed by atoms with van der Waals surface area (Å²) in [6.45, 7) is 5.19. The number of nitrogens with zero attached hydrogens (tertiary/aromatic N) is 1. The van der Waals surface area contributed by atoms with E-state index in [1.54, 1.807) is 0 Å². The first-order chi connectivity index (χ1) is 23.6. The molecule has 0 N–H and O–H groups in total. The molecule has 0 bridgehead atoms. The minimum Gasteiger partial charge on any atom is -0.756 e. The Morgan fingerprint density at radius 3 is 1.78 bits per heavy atom. The molecule has 0 saturated carbocycles. The predicted octanol–water partition coefficient (Wildman–Crippen LogP) is 9.97. The molecule has 2 atom stereocenters. The summed E-state index contributed by atoms with van der Waals surface area (Å²) in [6, 6.07) is 0. The van der Waals surface area contributed by atoms with Gasteiger partial charge in [-0.25, -0.2) is 0 Å². The van der Waals surface area contributed by atoms with Gasteiger partial charge in [0.25, 0.3) is 7.82 Å². The fourth-order valence-electron chi connectivity index (χ4n) is 4.63. The number of quaternary nitrogens is 1. The lowest BCUT2D eigenvalue weighted by Gasteiger charge is -2.28. The average Bonchev–Trinajstić information content (AvgIpc) is 3.04. The van der Waals surface area contributed by atoms with Crippen LogP contribution in [0.25, 0.3) is 0 Å². The van der Waals surface area contributed by atoms with Crippen LogP contribution in [0.2, 0.25) is 0 Å². The monoisotopic (exact) mass is 710 g/mol. The molecule has 0 radical (unpaired) electrons. The second-order valence-electron chi connectivity index (χ2n) is 13.6. The van der Waals surface area contributed by atoms with Gasteiger partial charge < -0.3 is 27.9 Å². The zero-order valence-electron chi connectivity index (χ0n) is 31.9. The van der Waals surface area contributed by atoms with Crippen molar-refractivity contribution in [2.45, 2.75) is 136 Å². The van der Waals surface area contributed by atoms with Crippen molar-refractivity contribution in [1.29, 1.82) is 0 Å². The summed E-state index contributed by atoms with van der Waals surface area (Å²) in [7, 11) is 1.33. The molecule has 0 rings (SSSR count). The number of carbonyl (C=O) groups excluding carboxylic acids is 1. The van der Waals surface area contributed by atoms with Crippen molar-refractivity contribution in [3.05, 3.63) is 60.8 Å². The molecule has 0 amide bonds. The van der Waals surface area contributed by atoms with Crippen LogP contribution in [0.5, 0.6) is 0 Å². The SMILES string of the molecule is CC/C=C\C/C=C\C/C=C\C/C=C\C/C=C\CCCCCCCC(=O)OC(COCCCCCCCC)COP(=O)([O-])OCC[N+](C)(C)C. The number of rotatable bonds is 34. The van der Waals surface area contributed by atoms with E-state index in [1.165, 1.54) is 25.7 Å². The first kappa shape index (κ1) is 47.2. The highest BCUT2D eigenvalue weighted by Crippen LogP contribution is 2.38. The molecule has 8 nitrogen and oxygen atoms in total. The van der Waals surface area contributed by atoms with E-state index in [0.717, 1.165) is 83.5 Å². The van der Waals surface area contributed by atoms with Crippen molar-refractivity contribution in [1.82, 2.24) is 0 Å². The van der Waals surface area contributed by atoms with Crippen molar-refractivity contribution in [3.8, 4) is 0 Å². The molecule has 0 aromatic carbocycles. The zero-order chi connectivity index (χ0) is 36.3. The van der Waals surface area contributed by atoms with Crippen molar-refractivity contribution >= 4 is 13.8 Å². The first-order valence-corrected chi connectivity index (χ1v) is 20.5. The van der Waals surface area contributed by atoms with E-state index in [0.29, 0.717) is 17.6 Å². The Balaban J connectivity index is 4.21. The second-order valence-corrected chi connectivity index (χ2v) is 15.0. The number of allylic oxidation sites excluding steroid dienone is 10. The van der Waals surface area contributed by atoms with Crippen LogP contribution in [0.15, 0.2) is 60.8 Å². The van der Waals surface area contributed by atoms with Crippen molar-refractivity contribution in [2.24, 2.45) is 0 Å². The summed E-state index contributed by atoms with van der Waals surface area (Å²) in [4.78, 5) is 24.8. The third-order valence-electron chi connectivity index (χ3n) is 7.58. The van der Waals surface area contributed by atoms with Gasteiger partial charge in [0.2, 0.25) is 0 Å². The van der Waals surface area contributed by atoms with Gasteiger partial charge in [-0.1, -0.05) is 126 Å². The van der Waals surface area contributed by atoms with Crippen LogP contribution >= 0.6 is 7.82 Å². The van der Waals surface area contributed by atoms with E-state index < -0.39 is 13.9 Å². The largest absolute Gasteiger partial charge is 0.756 e. The van der Waals surface area contributed by atoms with Gasteiger partial charge in [-0.2, -0.15) is 0 Å².